The zero-order chi connectivity index (χ0) is 9.56. The Kier molecular flexibility index (Phi) is 6.34. The molecule has 0 rings (SSSR count). The largest absolute Gasteiger partial charge is 0.394 e. The first-order chi connectivity index (χ1) is 5.61. The smallest absolute Gasteiger partial charge is 0.0955 e. The van der Waals surface area contributed by atoms with Crippen molar-refractivity contribution in [1.29, 1.82) is 0 Å². The third-order valence-electron chi connectivity index (χ3n) is 1.78. The van der Waals surface area contributed by atoms with Crippen molar-refractivity contribution in [2.45, 2.75) is 39.3 Å². The molecule has 2 atom stereocenters. The fourth-order valence-electron chi connectivity index (χ4n) is 1.22. The summed E-state index contributed by atoms with van der Waals surface area (Å²) in [5, 5.41) is 8.94. The van der Waals surface area contributed by atoms with Crippen molar-refractivity contribution in [2.75, 3.05) is 13.2 Å². The molecule has 0 aromatic rings. The molecule has 0 fully saturated rings. The van der Waals surface area contributed by atoms with Crippen LogP contribution in [0.1, 0.15) is 27.2 Å². The predicted octanol–water partition coefficient (Wildman–Crippen LogP) is 0.757. The standard InChI is InChI=1S/C9H21NO2/c1-4-12-9(6-11)8(10)5-7(2)3/h7-9,11H,4-6,10H2,1-3H3. The number of aliphatic hydroxyl groups is 1. The highest BCUT2D eigenvalue weighted by molar-refractivity contribution is 4.73. The predicted molar refractivity (Wildman–Crippen MR) is 49.9 cm³/mol. The number of hydrogen-bond acceptors (Lipinski definition) is 3. The van der Waals surface area contributed by atoms with Gasteiger partial charge >= 0.3 is 0 Å². The third-order valence-corrected chi connectivity index (χ3v) is 1.78. The summed E-state index contributed by atoms with van der Waals surface area (Å²) in [6, 6.07) is -0.0463. The maximum atomic E-state index is 8.94. The minimum absolute atomic E-state index is 0.0156. The van der Waals surface area contributed by atoms with E-state index in [0.29, 0.717) is 12.5 Å². The second kappa shape index (κ2) is 6.40. The summed E-state index contributed by atoms with van der Waals surface area (Å²) in [4.78, 5) is 0. The molecule has 74 valence electrons. The second-order valence-electron chi connectivity index (χ2n) is 3.47. The molecule has 0 aromatic carbocycles. The van der Waals surface area contributed by atoms with Crippen molar-refractivity contribution in [3.8, 4) is 0 Å². The van der Waals surface area contributed by atoms with E-state index >= 15 is 0 Å². The van der Waals surface area contributed by atoms with Crippen LogP contribution in [0.2, 0.25) is 0 Å². The van der Waals surface area contributed by atoms with Gasteiger partial charge in [0.05, 0.1) is 12.7 Å². The van der Waals surface area contributed by atoms with Crippen LogP contribution in [0.15, 0.2) is 0 Å². The highest BCUT2D eigenvalue weighted by atomic mass is 16.5. The van der Waals surface area contributed by atoms with Gasteiger partial charge in [-0.1, -0.05) is 13.8 Å². The first-order valence-corrected chi connectivity index (χ1v) is 4.59. The summed E-state index contributed by atoms with van der Waals surface area (Å²) in [7, 11) is 0. The van der Waals surface area contributed by atoms with E-state index in [1.165, 1.54) is 0 Å². The lowest BCUT2D eigenvalue weighted by Crippen LogP contribution is -2.40. The van der Waals surface area contributed by atoms with E-state index in [1.54, 1.807) is 0 Å². The molecule has 0 aliphatic heterocycles. The molecule has 3 heteroatoms. The molecule has 0 aliphatic rings. The van der Waals surface area contributed by atoms with Crippen molar-refractivity contribution in [3.63, 3.8) is 0 Å². The summed E-state index contributed by atoms with van der Waals surface area (Å²) < 4.78 is 5.28. The molecule has 12 heavy (non-hydrogen) atoms. The zero-order valence-electron chi connectivity index (χ0n) is 8.29. The Hall–Kier alpha value is -0.120. The lowest BCUT2D eigenvalue weighted by atomic mass is 10.0. The average Bonchev–Trinajstić information content (AvgIpc) is 1.98. The van der Waals surface area contributed by atoms with Gasteiger partial charge in [-0.3, -0.25) is 0 Å². The lowest BCUT2D eigenvalue weighted by Gasteiger charge is -2.23. The second-order valence-corrected chi connectivity index (χ2v) is 3.47. The van der Waals surface area contributed by atoms with Crippen molar-refractivity contribution in [2.24, 2.45) is 11.7 Å². The molecule has 0 saturated carbocycles. The minimum Gasteiger partial charge on any atom is -0.394 e. The van der Waals surface area contributed by atoms with Gasteiger partial charge in [-0.2, -0.15) is 0 Å². The van der Waals surface area contributed by atoms with E-state index in [9.17, 15) is 0 Å². The molecule has 0 bridgehead atoms. The van der Waals surface area contributed by atoms with Crippen LogP contribution in [0, 0.1) is 5.92 Å². The Labute approximate surface area is 74.9 Å². The fourth-order valence-corrected chi connectivity index (χ4v) is 1.22. The minimum atomic E-state index is -0.197. The van der Waals surface area contributed by atoms with Gasteiger partial charge in [0.2, 0.25) is 0 Å². The molecule has 0 radical (unpaired) electrons. The third kappa shape index (κ3) is 4.70. The molecular weight excluding hydrogens is 154 g/mol. The first-order valence-electron chi connectivity index (χ1n) is 4.59. The molecule has 0 heterocycles. The Bertz CT molecular complexity index is 107. The van der Waals surface area contributed by atoms with Gasteiger partial charge in [0.1, 0.15) is 0 Å². The highest BCUT2D eigenvalue weighted by Gasteiger charge is 2.17. The first kappa shape index (κ1) is 11.9. The number of rotatable bonds is 6. The van der Waals surface area contributed by atoms with Crippen LogP contribution in [0.4, 0.5) is 0 Å². The van der Waals surface area contributed by atoms with Gasteiger partial charge in [-0.15, -0.1) is 0 Å². The van der Waals surface area contributed by atoms with E-state index in [4.69, 9.17) is 15.6 Å². The van der Waals surface area contributed by atoms with Gasteiger partial charge in [0.15, 0.2) is 0 Å². The van der Waals surface area contributed by atoms with Crippen LogP contribution in [-0.2, 0) is 4.74 Å². The van der Waals surface area contributed by atoms with Crippen LogP contribution in [0.3, 0.4) is 0 Å². The molecule has 0 saturated heterocycles. The van der Waals surface area contributed by atoms with Crippen LogP contribution in [0.25, 0.3) is 0 Å². The topological polar surface area (TPSA) is 55.5 Å². The SMILES string of the molecule is CCOC(CO)C(N)CC(C)C. The summed E-state index contributed by atoms with van der Waals surface area (Å²) >= 11 is 0. The fraction of sp³-hybridized carbons (Fsp3) is 1.00. The number of nitrogens with two attached hydrogens (primary N) is 1. The maximum absolute atomic E-state index is 8.94. The Morgan fingerprint density at radius 3 is 2.33 bits per heavy atom. The Balaban J connectivity index is 3.76. The molecular formula is C9H21NO2. The number of ether oxygens (including phenoxy) is 1. The number of aliphatic hydroxyl groups excluding tert-OH is 1. The molecule has 0 aliphatic carbocycles. The molecule has 3 N–H and O–H groups in total. The van der Waals surface area contributed by atoms with Gasteiger partial charge in [-0.05, 0) is 19.3 Å². The van der Waals surface area contributed by atoms with Gasteiger partial charge < -0.3 is 15.6 Å². The van der Waals surface area contributed by atoms with Gasteiger partial charge in [0, 0.05) is 12.6 Å². The molecule has 2 unspecified atom stereocenters. The Morgan fingerprint density at radius 2 is 2.00 bits per heavy atom. The van der Waals surface area contributed by atoms with Crippen LogP contribution in [0.5, 0.6) is 0 Å². The van der Waals surface area contributed by atoms with E-state index in [1.807, 2.05) is 6.92 Å². The van der Waals surface area contributed by atoms with E-state index in [-0.39, 0.29) is 18.8 Å². The monoisotopic (exact) mass is 175 g/mol. The van der Waals surface area contributed by atoms with Crippen LogP contribution < -0.4 is 5.73 Å². The van der Waals surface area contributed by atoms with E-state index < -0.39 is 0 Å². The summed E-state index contributed by atoms with van der Waals surface area (Å²) in [5.41, 5.74) is 5.83. The lowest BCUT2D eigenvalue weighted by molar-refractivity contribution is 0.000453. The molecule has 0 spiro atoms. The zero-order valence-corrected chi connectivity index (χ0v) is 8.29. The Morgan fingerprint density at radius 1 is 1.42 bits per heavy atom. The van der Waals surface area contributed by atoms with Gasteiger partial charge in [-0.25, -0.2) is 0 Å². The van der Waals surface area contributed by atoms with Crippen LogP contribution in [-0.4, -0.2) is 30.5 Å². The van der Waals surface area contributed by atoms with E-state index in [2.05, 4.69) is 13.8 Å². The van der Waals surface area contributed by atoms with Crippen molar-refractivity contribution >= 4 is 0 Å². The highest BCUT2D eigenvalue weighted by Crippen LogP contribution is 2.08. The molecule has 3 nitrogen and oxygen atoms in total. The summed E-state index contributed by atoms with van der Waals surface area (Å²) in [6.07, 6.45) is 0.697. The average molecular weight is 175 g/mol. The normalized spacial score (nSPS) is 16.5. The van der Waals surface area contributed by atoms with Crippen LogP contribution >= 0.6 is 0 Å². The van der Waals surface area contributed by atoms with Gasteiger partial charge in [0.25, 0.3) is 0 Å². The summed E-state index contributed by atoms with van der Waals surface area (Å²) in [6.45, 7) is 6.75. The van der Waals surface area contributed by atoms with Crippen molar-refractivity contribution in [1.82, 2.24) is 0 Å². The van der Waals surface area contributed by atoms with Crippen molar-refractivity contribution < 1.29 is 9.84 Å². The summed E-state index contributed by atoms with van der Waals surface area (Å²) in [5.74, 6) is 0.550. The molecule has 0 amide bonds. The maximum Gasteiger partial charge on any atom is 0.0955 e. The molecule has 0 aromatic heterocycles. The number of hydrogen-bond donors (Lipinski definition) is 2. The van der Waals surface area contributed by atoms with E-state index in [0.717, 1.165) is 6.42 Å². The van der Waals surface area contributed by atoms with Crippen molar-refractivity contribution in [3.05, 3.63) is 0 Å². The quantitative estimate of drug-likeness (QED) is 0.626.